The van der Waals surface area contributed by atoms with Crippen LogP contribution in [0.1, 0.15) is 6.92 Å². The van der Waals surface area contributed by atoms with Crippen LogP contribution in [0.4, 0.5) is 0 Å². The van der Waals surface area contributed by atoms with E-state index in [-0.39, 0.29) is 0 Å². The van der Waals surface area contributed by atoms with E-state index in [1.54, 1.807) is 0 Å². The van der Waals surface area contributed by atoms with Crippen LogP contribution in [0.3, 0.4) is 0 Å². The van der Waals surface area contributed by atoms with Crippen LogP contribution < -0.4 is 0 Å². The molecule has 0 N–H and O–H groups in total. The van der Waals surface area contributed by atoms with E-state index >= 15 is 0 Å². The smallest absolute Gasteiger partial charge is 0.103 e. The van der Waals surface area contributed by atoms with Crippen molar-refractivity contribution in [1.29, 1.82) is 0 Å². The van der Waals surface area contributed by atoms with Crippen LogP contribution in [0.5, 0.6) is 0 Å². The third kappa shape index (κ3) is 2.30. The number of ether oxygens (including phenoxy) is 2. The molecule has 0 atom stereocenters. The minimum atomic E-state index is 0.785. The topological polar surface area (TPSA) is 21.7 Å². The summed E-state index contributed by atoms with van der Waals surface area (Å²) < 4.78 is 10.1. The van der Waals surface area contributed by atoms with Gasteiger partial charge in [0.25, 0.3) is 0 Å². The lowest BCUT2D eigenvalue weighted by molar-refractivity contribution is -0.149. The molecule has 3 nitrogen and oxygen atoms in total. The SMILES string of the molecule is CCOCCN1COC1. The van der Waals surface area contributed by atoms with Gasteiger partial charge in [0.1, 0.15) is 13.5 Å². The lowest BCUT2D eigenvalue weighted by atomic mass is 10.6. The molecular weight excluding hydrogens is 118 g/mol. The lowest BCUT2D eigenvalue weighted by Gasteiger charge is -2.30. The second-order valence-corrected chi connectivity index (χ2v) is 2.05. The average molecular weight is 131 g/mol. The largest absolute Gasteiger partial charge is 0.380 e. The average Bonchev–Trinajstić information content (AvgIpc) is 1.76. The van der Waals surface area contributed by atoms with Crippen LogP contribution in [-0.2, 0) is 9.47 Å². The maximum atomic E-state index is 5.14. The fourth-order valence-corrected chi connectivity index (χ4v) is 0.687. The summed E-state index contributed by atoms with van der Waals surface area (Å²) in [5.74, 6) is 0. The zero-order valence-electron chi connectivity index (χ0n) is 5.80. The molecular formula is C6H13NO2. The molecule has 1 rings (SSSR count). The summed E-state index contributed by atoms with van der Waals surface area (Å²) in [6.07, 6.45) is 0. The van der Waals surface area contributed by atoms with E-state index in [0.717, 1.165) is 33.2 Å². The molecule has 54 valence electrons. The van der Waals surface area contributed by atoms with Crippen molar-refractivity contribution in [2.75, 3.05) is 33.2 Å². The molecule has 0 spiro atoms. The molecule has 0 bridgehead atoms. The van der Waals surface area contributed by atoms with Gasteiger partial charge in [-0.25, -0.2) is 0 Å². The Kier molecular flexibility index (Phi) is 2.97. The first-order valence-electron chi connectivity index (χ1n) is 3.31. The Morgan fingerprint density at radius 1 is 1.56 bits per heavy atom. The Labute approximate surface area is 55.5 Å². The second kappa shape index (κ2) is 3.82. The third-order valence-corrected chi connectivity index (χ3v) is 1.30. The Hall–Kier alpha value is -0.120. The van der Waals surface area contributed by atoms with Crippen LogP contribution >= 0.6 is 0 Å². The molecule has 0 aromatic carbocycles. The summed E-state index contributed by atoms with van der Waals surface area (Å²) in [6, 6.07) is 0. The Balaban J connectivity index is 1.80. The lowest BCUT2D eigenvalue weighted by Crippen LogP contribution is -2.41. The predicted molar refractivity (Wildman–Crippen MR) is 34.0 cm³/mol. The second-order valence-electron chi connectivity index (χ2n) is 2.05. The highest BCUT2D eigenvalue weighted by molar-refractivity contribution is 4.51. The van der Waals surface area contributed by atoms with E-state index in [9.17, 15) is 0 Å². The molecule has 1 heterocycles. The van der Waals surface area contributed by atoms with E-state index in [1.165, 1.54) is 0 Å². The van der Waals surface area contributed by atoms with Crippen molar-refractivity contribution >= 4 is 0 Å². The molecule has 0 aliphatic carbocycles. The van der Waals surface area contributed by atoms with E-state index in [2.05, 4.69) is 4.90 Å². The maximum absolute atomic E-state index is 5.14. The van der Waals surface area contributed by atoms with Crippen LogP contribution in [-0.4, -0.2) is 38.1 Å². The van der Waals surface area contributed by atoms with Gasteiger partial charge in [-0.2, -0.15) is 0 Å². The van der Waals surface area contributed by atoms with Gasteiger partial charge in [0.2, 0.25) is 0 Å². The van der Waals surface area contributed by atoms with Crippen LogP contribution in [0.15, 0.2) is 0 Å². The van der Waals surface area contributed by atoms with Gasteiger partial charge in [-0.3, -0.25) is 4.90 Å². The number of hydrogen-bond acceptors (Lipinski definition) is 3. The van der Waals surface area contributed by atoms with Gasteiger partial charge in [0.05, 0.1) is 6.61 Å². The number of hydrogen-bond donors (Lipinski definition) is 0. The normalized spacial score (nSPS) is 19.7. The van der Waals surface area contributed by atoms with Crippen LogP contribution in [0.25, 0.3) is 0 Å². The minimum absolute atomic E-state index is 0.785. The first-order valence-corrected chi connectivity index (χ1v) is 3.31. The highest BCUT2D eigenvalue weighted by atomic mass is 16.5. The summed E-state index contributed by atoms with van der Waals surface area (Å²) in [6.45, 7) is 6.23. The highest BCUT2D eigenvalue weighted by Crippen LogP contribution is 1.99. The highest BCUT2D eigenvalue weighted by Gasteiger charge is 2.12. The molecule has 0 saturated carbocycles. The van der Waals surface area contributed by atoms with E-state index in [0.29, 0.717) is 0 Å². The summed E-state index contributed by atoms with van der Waals surface area (Å²) in [7, 11) is 0. The molecule has 3 heteroatoms. The van der Waals surface area contributed by atoms with Gasteiger partial charge in [-0.15, -0.1) is 0 Å². The van der Waals surface area contributed by atoms with Crippen molar-refractivity contribution in [3.63, 3.8) is 0 Å². The minimum Gasteiger partial charge on any atom is -0.380 e. The quantitative estimate of drug-likeness (QED) is 0.511. The van der Waals surface area contributed by atoms with Crippen LogP contribution in [0.2, 0.25) is 0 Å². The standard InChI is InChI=1S/C6H13NO2/c1-2-8-4-3-7-5-9-6-7/h2-6H2,1H3. The molecule has 0 aromatic rings. The van der Waals surface area contributed by atoms with Crippen molar-refractivity contribution in [3.8, 4) is 0 Å². The van der Waals surface area contributed by atoms with Crippen molar-refractivity contribution in [3.05, 3.63) is 0 Å². The first-order chi connectivity index (χ1) is 4.43. The molecule has 1 fully saturated rings. The molecule has 0 unspecified atom stereocenters. The molecule has 9 heavy (non-hydrogen) atoms. The van der Waals surface area contributed by atoms with E-state index in [4.69, 9.17) is 9.47 Å². The van der Waals surface area contributed by atoms with Gasteiger partial charge >= 0.3 is 0 Å². The zero-order chi connectivity index (χ0) is 6.53. The summed E-state index contributed by atoms with van der Waals surface area (Å²) in [5, 5.41) is 0. The monoisotopic (exact) mass is 131 g/mol. The predicted octanol–water partition coefficient (Wildman–Crippen LogP) is 0.270. The van der Waals surface area contributed by atoms with Crippen molar-refractivity contribution < 1.29 is 9.47 Å². The van der Waals surface area contributed by atoms with Gasteiger partial charge in [-0.05, 0) is 6.92 Å². The Morgan fingerprint density at radius 2 is 2.33 bits per heavy atom. The van der Waals surface area contributed by atoms with E-state index in [1.807, 2.05) is 6.92 Å². The molecule has 0 aromatic heterocycles. The summed E-state index contributed by atoms with van der Waals surface area (Å²) >= 11 is 0. The van der Waals surface area contributed by atoms with Crippen molar-refractivity contribution in [2.24, 2.45) is 0 Å². The van der Waals surface area contributed by atoms with Crippen LogP contribution in [0, 0.1) is 0 Å². The van der Waals surface area contributed by atoms with E-state index < -0.39 is 0 Å². The molecule has 0 amide bonds. The summed E-state index contributed by atoms with van der Waals surface area (Å²) in [5.41, 5.74) is 0. The van der Waals surface area contributed by atoms with Gasteiger partial charge in [0, 0.05) is 13.2 Å². The number of rotatable bonds is 4. The summed E-state index contributed by atoms with van der Waals surface area (Å²) in [4.78, 5) is 2.19. The first kappa shape index (κ1) is 6.99. The van der Waals surface area contributed by atoms with Gasteiger partial charge in [-0.1, -0.05) is 0 Å². The number of nitrogens with zero attached hydrogens (tertiary/aromatic N) is 1. The maximum Gasteiger partial charge on any atom is 0.103 e. The molecule has 1 saturated heterocycles. The van der Waals surface area contributed by atoms with Crippen molar-refractivity contribution in [1.82, 2.24) is 4.90 Å². The van der Waals surface area contributed by atoms with Gasteiger partial charge in [0.15, 0.2) is 0 Å². The van der Waals surface area contributed by atoms with Gasteiger partial charge < -0.3 is 9.47 Å². The fraction of sp³-hybridized carbons (Fsp3) is 1.00. The molecule has 1 aliphatic heterocycles. The third-order valence-electron chi connectivity index (χ3n) is 1.30. The Morgan fingerprint density at radius 3 is 2.78 bits per heavy atom. The molecule has 1 aliphatic rings. The Bertz CT molecular complexity index is 73.5. The molecule has 0 radical (unpaired) electrons. The fourth-order valence-electron chi connectivity index (χ4n) is 0.687. The van der Waals surface area contributed by atoms with Crippen molar-refractivity contribution in [2.45, 2.75) is 6.92 Å². The zero-order valence-corrected chi connectivity index (χ0v) is 5.80.